The van der Waals surface area contributed by atoms with Gasteiger partial charge in [0.15, 0.2) is 5.78 Å². The maximum Gasteiger partial charge on any atom is 0.159 e. The number of rotatable bonds is 2. The highest BCUT2D eigenvalue weighted by Crippen LogP contribution is 2.21. The summed E-state index contributed by atoms with van der Waals surface area (Å²) in [5.41, 5.74) is 4.89. The van der Waals surface area contributed by atoms with Crippen molar-refractivity contribution in [2.75, 3.05) is 0 Å². The number of Topliss-reactive ketones (excluding diaryl/α,β-unsaturated/α-hetero) is 1. The number of aryl methyl sites for hydroxylation is 1. The first-order chi connectivity index (χ1) is 10.1. The van der Waals surface area contributed by atoms with Crippen molar-refractivity contribution in [2.45, 2.75) is 27.7 Å². The lowest BCUT2D eigenvalue weighted by molar-refractivity contribution is 0.101. The van der Waals surface area contributed by atoms with E-state index in [1.165, 1.54) is 5.56 Å². The van der Waals surface area contributed by atoms with E-state index >= 15 is 0 Å². The molecule has 1 heterocycles. The minimum absolute atomic E-state index is 0.0757. The van der Waals surface area contributed by atoms with Crippen LogP contribution in [0.2, 0.25) is 0 Å². The third-order valence-corrected chi connectivity index (χ3v) is 3.20. The number of nitrogens with one attached hydrogen (secondary N) is 1. The fourth-order valence-corrected chi connectivity index (χ4v) is 2.12. The van der Waals surface area contributed by atoms with Gasteiger partial charge < -0.3 is 4.98 Å². The second-order valence-corrected chi connectivity index (χ2v) is 4.74. The van der Waals surface area contributed by atoms with Crippen LogP contribution in [0, 0.1) is 6.92 Å². The van der Waals surface area contributed by atoms with Gasteiger partial charge >= 0.3 is 0 Å². The fourth-order valence-electron chi connectivity index (χ4n) is 2.12. The molecule has 3 rings (SSSR count). The SMILES string of the molecule is CC.CC(=O)c1ccc(-c2nc3ccc(C)cc3[nH]2)cc1. The van der Waals surface area contributed by atoms with Crippen LogP contribution in [0.15, 0.2) is 42.5 Å². The molecule has 21 heavy (non-hydrogen) atoms. The molecule has 0 bridgehead atoms. The van der Waals surface area contributed by atoms with Crippen LogP contribution >= 0.6 is 0 Å². The van der Waals surface area contributed by atoms with Crippen LogP contribution in [0.3, 0.4) is 0 Å². The molecule has 0 aliphatic rings. The van der Waals surface area contributed by atoms with E-state index in [0.29, 0.717) is 0 Å². The minimum atomic E-state index is 0.0757. The molecular formula is C18H20N2O. The van der Waals surface area contributed by atoms with Crippen LogP contribution in [0.25, 0.3) is 22.4 Å². The molecule has 1 N–H and O–H groups in total. The topological polar surface area (TPSA) is 45.8 Å². The van der Waals surface area contributed by atoms with E-state index in [-0.39, 0.29) is 5.78 Å². The summed E-state index contributed by atoms with van der Waals surface area (Å²) in [7, 11) is 0. The molecule has 0 aliphatic heterocycles. The van der Waals surface area contributed by atoms with Crippen molar-refractivity contribution in [1.29, 1.82) is 0 Å². The second-order valence-electron chi connectivity index (χ2n) is 4.74. The summed E-state index contributed by atoms with van der Waals surface area (Å²) in [5.74, 6) is 0.905. The zero-order valence-corrected chi connectivity index (χ0v) is 12.9. The number of ketones is 1. The van der Waals surface area contributed by atoms with Crippen molar-refractivity contribution in [2.24, 2.45) is 0 Å². The Balaban J connectivity index is 0.000000774. The maximum atomic E-state index is 11.2. The molecule has 0 unspecified atom stereocenters. The predicted molar refractivity (Wildman–Crippen MR) is 87.6 cm³/mol. The normalized spacial score (nSPS) is 10.1. The number of aromatic nitrogens is 2. The van der Waals surface area contributed by atoms with E-state index in [1.54, 1.807) is 6.92 Å². The van der Waals surface area contributed by atoms with Gasteiger partial charge in [-0.25, -0.2) is 4.98 Å². The van der Waals surface area contributed by atoms with Gasteiger partial charge in [0, 0.05) is 11.1 Å². The summed E-state index contributed by atoms with van der Waals surface area (Å²) in [6.45, 7) is 7.63. The number of carbonyl (C=O) groups excluding carboxylic acids is 1. The summed E-state index contributed by atoms with van der Waals surface area (Å²) in [4.78, 5) is 19.1. The summed E-state index contributed by atoms with van der Waals surface area (Å²) >= 11 is 0. The van der Waals surface area contributed by atoms with E-state index < -0.39 is 0 Å². The largest absolute Gasteiger partial charge is 0.338 e. The molecule has 3 nitrogen and oxygen atoms in total. The second kappa shape index (κ2) is 6.35. The van der Waals surface area contributed by atoms with Crippen molar-refractivity contribution in [3.05, 3.63) is 53.6 Å². The molecule has 0 spiro atoms. The summed E-state index contributed by atoms with van der Waals surface area (Å²) in [6.07, 6.45) is 0. The Hall–Kier alpha value is -2.42. The first-order valence-corrected chi connectivity index (χ1v) is 7.21. The summed E-state index contributed by atoms with van der Waals surface area (Å²) in [6, 6.07) is 13.6. The predicted octanol–water partition coefficient (Wildman–Crippen LogP) is 4.77. The highest BCUT2D eigenvalue weighted by molar-refractivity contribution is 5.94. The first kappa shape index (κ1) is 15.0. The standard InChI is InChI=1S/C16H14N2O.C2H6/c1-10-3-8-14-15(9-10)18-16(17-14)13-6-4-12(5-7-13)11(2)19;1-2/h3-9H,1-2H3,(H,17,18);1-2H3. The Bertz CT molecular complexity index is 754. The number of fused-ring (bicyclic) bond motifs is 1. The van der Waals surface area contributed by atoms with Crippen LogP contribution in [0.4, 0.5) is 0 Å². The van der Waals surface area contributed by atoms with Crippen LogP contribution in [-0.4, -0.2) is 15.8 Å². The molecule has 0 fully saturated rings. The smallest absolute Gasteiger partial charge is 0.159 e. The van der Waals surface area contributed by atoms with E-state index in [4.69, 9.17) is 0 Å². The van der Waals surface area contributed by atoms with Crippen LogP contribution in [0.1, 0.15) is 36.7 Å². The Morgan fingerprint density at radius 1 is 1.05 bits per heavy atom. The summed E-state index contributed by atoms with van der Waals surface area (Å²) < 4.78 is 0. The fraction of sp³-hybridized carbons (Fsp3) is 0.222. The lowest BCUT2D eigenvalue weighted by atomic mass is 10.1. The Morgan fingerprint density at radius 2 is 1.71 bits per heavy atom. The van der Waals surface area contributed by atoms with Gasteiger partial charge in [0.2, 0.25) is 0 Å². The monoisotopic (exact) mass is 280 g/mol. The molecule has 0 saturated carbocycles. The number of nitrogens with zero attached hydrogens (tertiary/aromatic N) is 1. The van der Waals surface area contributed by atoms with Gasteiger partial charge in [-0.3, -0.25) is 4.79 Å². The zero-order valence-electron chi connectivity index (χ0n) is 12.9. The van der Waals surface area contributed by atoms with Gasteiger partial charge in [0.1, 0.15) is 5.82 Å². The van der Waals surface area contributed by atoms with Gasteiger partial charge in [-0.2, -0.15) is 0 Å². The van der Waals surface area contributed by atoms with E-state index in [1.807, 2.05) is 50.2 Å². The lowest BCUT2D eigenvalue weighted by Crippen LogP contribution is -1.91. The molecule has 1 aromatic heterocycles. The van der Waals surface area contributed by atoms with Gasteiger partial charge in [-0.15, -0.1) is 0 Å². The van der Waals surface area contributed by atoms with Crippen LogP contribution in [0.5, 0.6) is 0 Å². The van der Waals surface area contributed by atoms with Gasteiger partial charge in [0.05, 0.1) is 11.0 Å². The molecular weight excluding hydrogens is 260 g/mol. The van der Waals surface area contributed by atoms with Gasteiger partial charge in [0.25, 0.3) is 0 Å². The minimum Gasteiger partial charge on any atom is -0.338 e. The average molecular weight is 280 g/mol. The maximum absolute atomic E-state index is 11.2. The van der Waals surface area contributed by atoms with E-state index in [0.717, 1.165) is 28.0 Å². The number of benzene rings is 2. The Kier molecular flexibility index (Phi) is 4.53. The highest BCUT2D eigenvalue weighted by atomic mass is 16.1. The number of H-pyrrole nitrogens is 1. The number of hydrogen-bond donors (Lipinski definition) is 1. The van der Waals surface area contributed by atoms with Crippen molar-refractivity contribution < 1.29 is 4.79 Å². The zero-order chi connectivity index (χ0) is 15.4. The molecule has 0 radical (unpaired) electrons. The van der Waals surface area contributed by atoms with Crippen molar-refractivity contribution in [1.82, 2.24) is 9.97 Å². The Labute approximate surface area is 125 Å². The number of carbonyl (C=O) groups is 1. The third-order valence-electron chi connectivity index (χ3n) is 3.20. The molecule has 3 aromatic rings. The first-order valence-electron chi connectivity index (χ1n) is 7.21. The molecule has 0 aliphatic carbocycles. The molecule has 2 aromatic carbocycles. The van der Waals surface area contributed by atoms with Gasteiger partial charge in [-0.1, -0.05) is 44.2 Å². The quantitative estimate of drug-likeness (QED) is 0.687. The lowest BCUT2D eigenvalue weighted by Gasteiger charge is -1.98. The van der Waals surface area contributed by atoms with E-state index in [2.05, 4.69) is 23.0 Å². The third kappa shape index (κ3) is 3.19. The number of imidazole rings is 1. The molecule has 3 heteroatoms. The van der Waals surface area contributed by atoms with Crippen molar-refractivity contribution in [3.8, 4) is 11.4 Å². The van der Waals surface area contributed by atoms with E-state index in [9.17, 15) is 4.79 Å². The summed E-state index contributed by atoms with van der Waals surface area (Å²) in [5, 5.41) is 0. The highest BCUT2D eigenvalue weighted by Gasteiger charge is 2.06. The van der Waals surface area contributed by atoms with Crippen molar-refractivity contribution >= 4 is 16.8 Å². The number of aromatic amines is 1. The Morgan fingerprint density at radius 3 is 2.33 bits per heavy atom. The van der Waals surface area contributed by atoms with Crippen LogP contribution in [-0.2, 0) is 0 Å². The average Bonchev–Trinajstić information content (AvgIpc) is 2.92. The molecule has 0 saturated heterocycles. The molecule has 0 amide bonds. The molecule has 108 valence electrons. The van der Waals surface area contributed by atoms with Crippen LogP contribution < -0.4 is 0 Å². The van der Waals surface area contributed by atoms with Gasteiger partial charge in [-0.05, 0) is 31.5 Å². The number of hydrogen-bond acceptors (Lipinski definition) is 2. The molecule has 0 atom stereocenters. The van der Waals surface area contributed by atoms with Crippen molar-refractivity contribution in [3.63, 3.8) is 0 Å².